The lowest BCUT2D eigenvalue weighted by atomic mass is 10.0. The number of nitrogens with zero attached hydrogens (tertiary/aromatic N) is 2. The Balaban J connectivity index is 1.46. The Morgan fingerprint density at radius 2 is 1.28 bits per heavy atom. The maximum atomic E-state index is 12.8. The van der Waals surface area contributed by atoms with Gasteiger partial charge in [0, 0.05) is 11.1 Å². The zero-order valence-corrected chi connectivity index (χ0v) is 19.5. The van der Waals surface area contributed by atoms with Gasteiger partial charge in [0.15, 0.2) is 6.61 Å². The number of Topliss-reactive ketones (excluding diaryl/α,β-unsaturated/α-hetero) is 1. The minimum absolute atomic E-state index is 0.288. The summed E-state index contributed by atoms with van der Waals surface area (Å²) in [6.07, 6.45) is 0. The number of carbonyl (C=O) groups excluding carboxylic acids is 2. The van der Waals surface area contributed by atoms with Gasteiger partial charge in [0.05, 0.1) is 40.7 Å². The monoisotopic (exact) mass is 474 g/mol. The van der Waals surface area contributed by atoms with E-state index in [-0.39, 0.29) is 11.3 Å². The second-order valence-corrected chi connectivity index (χ2v) is 8.06. The van der Waals surface area contributed by atoms with E-state index >= 15 is 0 Å². The highest BCUT2D eigenvalue weighted by molar-refractivity contribution is 6.02. The molecule has 6 heteroatoms. The number of para-hydroxylation sites is 1. The van der Waals surface area contributed by atoms with Crippen LogP contribution < -0.4 is 4.74 Å². The van der Waals surface area contributed by atoms with Gasteiger partial charge in [-0.1, -0.05) is 72.8 Å². The lowest BCUT2D eigenvalue weighted by molar-refractivity contribution is 0.0474. The Kier molecular flexibility index (Phi) is 6.49. The predicted molar refractivity (Wildman–Crippen MR) is 138 cm³/mol. The van der Waals surface area contributed by atoms with Crippen LogP contribution >= 0.6 is 0 Å². The highest BCUT2D eigenvalue weighted by Crippen LogP contribution is 2.31. The second kappa shape index (κ2) is 10.2. The molecular formula is C30H22N2O4. The molecule has 0 fully saturated rings. The average molecular weight is 475 g/mol. The van der Waals surface area contributed by atoms with Crippen LogP contribution in [-0.4, -0.2) is 35.4 Å². The van der Waals surface area contributed by atoms with Crippen molar-refractivity contribution in [1.82, 2.24) is 9.97 Å². The van der Waals surface area contributed by atoms with Crippen molar-refractivity contribution in [2.45, 2.75) is 0 Å². The maximum Gasteiger partial charge on any atom is 0.338 e. The number of hydrogen-bond acceptors (Lipinski definition) is 6. The van der Waals surface area contributed by atoms with E-state index in [2.05, 4.69) is 0 Å². The number of carbonyl (C=O) groups is 2. The molecule has 176 valence electrons. The molecule has 0 aliphatic heterocycles. The van der Waals surface area contributed by atoms with Gasteiger partial charge >= 0.3 is 5.97 Å². The quantitative estimate of drug-likeness (QED) is 0.212. The summed E-state index contributed by atoms with van der Waals surface area (Å²) in [5.41, 5.74) is 5.19. The van der Waals surface area contributed by atoms with Gasteiger partial charge in [0.1, 0.15) is 5.75 Å². The highest BCUT2D eigenvalue weighted by Gasteiger charge is 2.17. The van der Waals surface area contributed by atoms with E-state index in [0.717, 1.165) is 16.8 Å². The summed E-state index contributed by atoms with van der Waals surface area (Å²) in [4.78, 5) is 35.1. The number of methoxy groups -OCH3 is 1. The fourth-order valence-corrected chi connectivity index (χ4v) is 3.94. The summed E-state index contributed by atoms with van der Waals surface area (Å²) in [6.45, 7) is -0.398. The predicted octanol–water partition coefficient (Wildman–Crippen LogP) is 6.01. The molecule has 5 aromatic rings. The molecule has 6 nitrogen and oxygen atoms in total. The lowest BCUT2D eigenvalue weighted by Crippen LogP contribution is -2.15. The largest absolute Gasteiger partial charge is 0.496 e. The first kappa shape index (κ1) is 22.9. The second-order valence-electron chi connectivity index (χ2n) is 8.06. The van der Waals surface area contributed by atoms with Crippen LogP contribution in [0.3, 0.4) is 0 Å². The normalized spacial score (nSPS) is 10.7. The number of fused-ring (bicyclic) bond motifs is 1. The van der Waals surface area contributed by atoms with Gasteiger partial charge in [-0.05, 0) is 30.3 Å². The van der Waals surface area contributed by atoms with E-state index < -0.39 is 12.6 Å². The Morgan fingerprint density at radius 3 is 1.92 bits per heavy atom. The van der Waals surface area contributed by atoms with Crippen molar-refractivity contribution in [2.75, 3.05) is 13.7 Å². The number of ketones is 1. The fraction of sp³-hybridized carbons (Fsp3) is 0.0667. The van der Waals surface area contributed by atoms with Crippen LogP contribution in [0.15, 0.2) is 103 Å². The van der Waals surface area contributed by atoms with Crippen LogP contribution in [0, 0.1) is 0 Å². The van der Waals surface area contributed by atoms with Crippen molar-refractivity contribution < 1.29 is 19.1 Å². The third-order valence-corrected chi connectivity index (χ3v) is 5.74. The first-order chi connectivity index (χ1) is 17.6. The van der Waals surface area contributed by atoms with Crippen LogP contribution in [0.5, 0.6) is 5.75 Å². The molecule has 4 aromatic carbocycles. The maximum absolute atomic E-state index is 12.8. The Bertz CT molecular complexity index is 1550. The van der Waals surface area contributed by atoms with Gasteiger partial charge in [0.2, 0.25) is 5.78 Å². The number of ether oxygens (including phenoxy) is 2. The van der Waals surface area contributed by atoms with Crippen molar-refractivity contribution in [1.29, 1.82) is 0 Å². The average Bonchev–Trinajstić information content (AvgIpc) is 2.95. The highest BCUT2D eigenvalue weighted by atomic mass is 16.5. The zero-order valence-electron chi connectivity index (χ0n) is 19.5. The third-order valence-electron chi connectivity index (χ3n) is 5.74. The van der Waals surface area contributed by atoms with Crippen molar-refractivity contribution in [3.05, 3.63) is 114 Å². The molecule has 0 unspecified atom stereocenters. The van der Waals surface area contributed by atoms with Crippen molar-refractivity contribution in [3.8, 4) is 28.3 Å². The standard InChI is InChI=1S/C30H22N2O4/c1-35-27-15-9-8-14-23(27)26(33)19-36-30(34)22-16-17-24-25(18-22)32-29(21-12-6-3-7-13-21)28(31-24)20-10-4-2-5-11-20/h2-18H,19H2,1H3. The van der Waals surface area contributed by atoms with Crippen molar-refractivity contribution >= 4 is 22.8 Å². The Hall–Kier alpha value is -4.84. The van der Waals surface area contributed by atoms with Crippen molar-refractivity contribution in [3.63, 3.8) is 0 Å². The molecule has 0 bridgehead atoms. The molecule has 0 radical (unpaired) electrons. The molecule has 0 amide bonds. The number of aromatic nitrogens is 2. The summed E-state index contributed by atoms with van der Waals surface area (Å²) in [7, 11) is 1.49. The molecule has 0 aliphatic rings. The number of rotatable bonds is 7. The Labute approximate surface area is 208 Å². The van der Waals surface area contributed by atoms with Crippen LogP contribution in [0.4, 0.5) is 0 Å². The minimum Gasteiger partial charge on any atom is -0.496 e. The van der Waals surface area contributed by atoms with Gasteiger partial charge in [-0.2, -0.15) is 0 Å². The fourth-order valence-electron chi connectivity index (χ4n) is 3.94. The molecule has 0 spiro atoms. The summed E-state index contributed by atoms with van der Waals surface area (Å²) in [5.74, 6) is -0.530. The number of benzene rings is 4. The topological polar surface area (TPSA) is 78.4 Å². The summed E-state index contributed by atoms with van der Waals surface area (Å²) < 4.78 is 10.5. The molecule has 0 saturated heterocycles. The number of esters is 1. The number of hydrogen-bond donors (Lipinski definition) is 0. The molecule has 36 heavy (non-hydrogen) atoms. The molecule has 0 saturated carbocycles. The van der Waals surface area contributed by atoms with Crippen LogP contribution in [0.25, 0.3) is 33.5 Å². The van der Waals surface area contributed by atoms with Gasteiger partial charge in [-0.25, -0.2) is 14.8 Å². The van der Waals surface area contributed by atoms with E-state index in [1.54, 1.807) is 42.5 Å². The van der Waals surface area contributed by atoms with E-state index in [9.17, 15) is 9.59 Å². The van der Waals surface area contributed by atoms with Gasteiger partial charge < -0.3 is 9.47 Å². The molecular weight excluding hydrogens is 452 g/mol. The SMILES string of the molecule is COc1ccccc1C(=O)COC(=O)c1ccc2nc(-c3ccccc3)c(-c3ccccc3)nc2c1. The summed E-state index contributed by atoms with van der Waals surface area (Å²) in [5, 5.41) is 0. The van der Waals surface area contributed by atoms with Crippen LogP contribution in [0.1, 0.15) is 20.7 Å². The van der Waals surface area contributed by atoms with Crippen LogP contribution in [0.2, 0.25) is 0 Å². The first-order valence-corrected chi connectivity index (χ1v) is 11.4. The van der Waals surface area contributed by atoms with E-state index in [0.29, 0.717) is 28.0 Å². The summed E-state index contributed by atoms with van der Waals surface area (Å²) in [6, 6.07) is 31.5. The first-order valence-electron chi connectivity index (χ1n) is 11.4. The van der Waals surface area contributed by atoms with E-state index in [1.807, 2.05) is 60.7 Å². The van der Waals surface area contributed by atoms with Crippen LogP contribution in [-0.2, 0) is 4.74 Å². The van der Waals surface area contributed by atoms with Crippen molar-refractivity contribution in [2.24, 2.45) is 0 Å². The smallest absolute Gasteiger partial charge is 0.338 e. The third kappa shape index (κ3) is 4.70. The molecule has 0 N–H and O–H groups in total. The van der Waals surface area contributed by atoms with Gasteiger partial charge in [0.25, 0.3) is 0 Å². The molecule has 5 rings (SSSR count). The molecule has 1 heterocycles. The van der Waals surface area contributed by atoms with Gasteiger partial charge in [-0.3, -0.25) is 4.79 Å². The van der Waals surface area contributed by atoms with E-state index in [1.165, 1.54) is 7.11 Å². The molecule has 0 aliphatic carbocycles. The van der Waals surface area contributed by atoms with Gasteiger partial charge in [-0.15, -0.1) is 0 Å². The minimum atomic E-state index is -0.615. The van der Waals surface area contributed by atoms with E-state index in [4.69, 9.17) is 19.4 Å². The lowest BCUT2D eigenvalue weighted by Gasteiger charge is -2.11. The summed E-state index contributed by atoms with van der Waals surface area (Å²) >= 11 is 0. The molecule has 0 atom stereocenters. The Morgan fingerprint density at radius 1 is 0.694 bits per heavy atom. The molecule has 1 aromatic heterocycles. The zero-order chi connectivity index (χ0) is 24.9.